The molecule has 110 valence electrons. The van der Waals surface area contributed by atoms with Gasteiger partial charge in [0.2, 0.25) is 5.75 Å². The first-order valence-electron chi connectivity index (χ1n) is 6.86. The van der Waals surface area contributed by atoms with Crippen LogP contribution in [-0.2, 0) is 0 Å². The molecule has 0 saturated heterocycles. The molecule has 0 amide bonds. The summed E-state index contributed by atoms with van der Waals surface area (Å²) in [6.07, 6.45) is 1.03. The SMILES string of the molecule is CCC(C)c1ccc(C(=O)Oc2cccc(O)c2O)cc1. The maximum absolute atomic E-state index is 12.0. The summed E-state index contributed by atoms with van der Waals surface area (Å²) in [4.78, 5) is 12.0. The Labute approximate surface area is 123 Å². The lowest BCUT2D eigenvalue weighted by Gasteiger charge is -2.10. The molecule has 0 aliphatic rings. The number of carbonyl (C=O) groups is 1. The van der Waals surface area contributed by atoms with Crippen molar-refractivity contribution in [1.82, 2.24) is 0 Å². The van der Waals surface area contributed by atoms with Crippen LogP contribution < -0.4 is 4.74 Å². The Balaban J connectivity index is 2.15. The molecule has 2 rings (SSSR count). The van der Waals surface area contributed by atoms with E-state index in [4.69, 9.17) is 4.74 Å². The summed E-state index contributed by atoms with van der Waals surface area (Å²) in [5.74, 6) is -0.975. The van der Waals surface area contributed by atoms with Gasteiger partial charge in [0.25, 0.3) is 0 Å². The highest BCUT2D eigenvalue weighted by atomic mass is 16.5. The summed E-state index contributed by atoms with van der Waals surface area (Å²) in [5.41, 5.74) is 1.55. The lowest BCUT2D eigenvalue weighted by atomic mass is 9.98. The van der Waals surface area contributed by atoms with E-state index in [0.717, 1.165) is 12.0 Å². The first-order chi connectivity index (χ1) is 10.0. The Morgan fingerprint density at radius 2 is 1.81 bits per heavy atom. The maximum atomic E-state index is 12.0. The number of carbonyl (C=O) groups excluding carboxylic acids is 1. The molecule has 0 saturated carbocycles. The van der Waals surface area contributed by atoms with Crippen LogP contribution in [0.1, 0.15) is 42.1 Å². The van der Waals surface area contributed by atoms with Gasteiger partial charge in [-0.05, 0) is 42.2 Å². The summed E-state index contributed by atoms with van der Waals surface area (Å²) < 4.78 is 5.09. The van der Waals surface area contributed by atoms with E-state index in [1.54, 1.807) is 12.1 Å². The van der Waals surface area contributed by atoms with Gasteiger partial charge in [0, 0.05) is 0 Å². The quantitative estimate of drug-likeness (QED) is 0.509. The van der Waals surface area contributed by atoms with Crippen LogP contribution in [0.4, 0.5) is 0 Å². The van der Waals surface area contributed by atoms with Gasteiger partial charge in [-0.1, -0.05) is 32.0 Å². The zero-order valence-corrected chi connectivity index (χ0v) is 12.0. The lowest BCUT2D eigenvalue weighted by molar-refractivity contribution is 0.0729. The predicted molar refractivity (Wildman–Crippen MR) is 79.9 cm³/mol. The molecule has 0 heterocycles. The molecule has 0 bridgehead atoms. The molecule has 4 heteroatoms. The Kier molecular flexibility index (Phi) is 4.48. The van der Waals surface area contributed by atoms with Crippen LogP contribution in [0.15, 0.2) is 42.5 Å². The average Bonchev–Trinajstić information content (AvgIpc) is 2.51. The zero-order chi connectivity index (χ0) is 15.4. The van der Waals surface area contributed by atoms with E-state index in [1.165, 1.54) is 18.2 Å². The number of aromatic hydroxyl groups is 2. The molecular weight excluding hydrogens is 268 g/mol. The van der Waals surface area contributed by atoms with Gasteiger partial charge in [0.05, 0.1) is 5.56 Å². The number of rotatable bonds is 4. The zero-order valence-electron chi connectivity index (χ0n) is 12.0. The number of para-hydroxylation sites is 1. The summed E-state index contributed by atoms with van der Waals surface area (Å²) >= 11 is 0. The van der Waals surface area contributed by atoms with Gasteiger partial charge in [-0.25, -0.2) is 4.79 Å². The highest BCUT2D eigenvalue weighted by molar-refractivity contribution is 5.91. The summed E-state index contributed by atoms with van der Waals surface area (Å²) in [7, 11) is 0. The Hall–Kier alpha value is -2.49. The van der Waals surface area contributed by atoms with Crippen molar-refractivity contribution < 1.29 is 19.7 Å². The second-order valence-electron chi connectivity index (χ2n) is 4.94. The third-order valence-corrected chi connectivity index (χ3v) is 3.51. The van der Waals surface area contributed by atoms with Crippen LogP contribution in [0, 0.1) is 0 Å². The van der Waals surface area contributed by atoms with Crippen LogP contribution in [0.25, 0.3) is 0 Å². The van der Waals surface area contributed by atoms with Gasteiger partial charge >= 0.3 is 5.97 Å². The number of benzene rings is 2. The lowest BCUT2D eigenvalue weighted by Crippen LogP contribution is -2.08. The normalized spacial score (nSPS) is 11.9. The van der Waals surface area contributed by atoms with Crippen LogP contribution in [0.2, 0.25) is 0 Å². The number of phenols is 2. The minimum atomic E-state index is -0.577. The molecule has 1 atom stereocenters. The van der Waals surface area contributed by atoms with Gasteiger partial charge < -0.3 is 14.9 Å². The standard InChI is InChI=1S/C17H18O4/c1-3-11(2)12-7-9-13(10-8-12)17(20)21-15-6-4-5-14(18)16(15)19/h4-11,18-19H,3H2,1-2H3. The fourth-order valence-electron chi connectivity index (χ4n) is 1.94. The molecule has 21 heavy (non-hydrogen) atoms. The van der Waals surface area contributed by atoms with E-state index in [0.29, 0.717) is 11.5 Å². The minimum Gasteiger partial charge on any atom is -0.504 e. The van der Waals surface area contributed by atoms with E-state index < -0.39 is 11.7 Å². The fourth-order valence-corrected chi connectivity index (χ4v) is 1.94. The largest absolute Gasteiger partial charge is 0.504 e. The van der Waals surface area contributed by atoms with E-state index in [2.05, 4.69) is 13.8 Å². The smallest absolute Gasteiger partial charge is 0.343 e. The molecule has 1 unspecified atom stereocenters. The molecular formula is C17H18O4. The van der Waals surface area contributed by atoms with Crippen molar-refractivity contribution >= 4 is 5.97 Å². The second kappa shape index (κ2) is 6.31. The first-order valence-corrected chi connectivity index (χ1v) is 6.86. The molecule has 2 aromatic rings. The topological polar surface area (TPSA) is 66.8 Å². The van der Waals surface area contributed by atoms with Gasteiger partial charge in [0.15, 0.2) is 11.5 Å². The van der Waals surface area contributed by atoms with Crippen molar-refractivity contribution in [1.29, 1.82) is 0 Å². The van der Waals surface area contributed by atoms with E-state index >= 15 is 0 Å². The third-order valence-electron chi connectivity index (χ3n) is 3.51. The number of phenolic OH excluding ortho intramolecular Hbond substituents is 2. The first kappa shape index (κ1) is 14.9. The summed E-state index contributed by atoms with van der Waals surface area (Å²) in [5, 5.41) is 19.0. The number of hydrogen-bond donors (Lipinski definition) is 2. The fraction of sp³-hybridized carbons (Fsp3) is 0.235. The third kappa shape index (κ3) is 3.34. The molecule has 2 N–H and O–H groups in total. The van der Waals surface area contributed by atoms with Crippen molar-refractivity contribution in [3.8, 4) is 17.2 Å². The maximum Gasteiger partial charge on any atom is 0.343 e. The van der Waals surface area contributed by atoms with Crippen molar-refractivity contribution in [2.75, 3.05) is 0 Å². The number of hydrogen-bond acceptors (Lipinski definition) is 4. The molecule has 0 aromatic heterocycles. The van der Waals surface area contributed by atoms with Gasteiger partial charge in [0.1, 0.15) is 0 Å². The monoisotopic (exact) mass is 286 g/mol. The van der Waals surface area contributed by atoms with Crippen LogP contribution in [0.3, 0.4) is 0 Å². The minimum absolute atomic E-state index is 0.0639. The average molecular weight is 286 g/mol. The van der Waals surface area contributed by atoms with Gasteiger partial charge in [-0.2, -0.15) is 0 Å². The van der Waals surface area contributed by atoms with Crippen LogP contribution >= 0.6 is 0 Å². The van der Waals surface area contributed by atoms with Crippen molar-refractivity contribution in [3.63, 3.8) is 0 Å². The van der Waals surface area contributed by atoms with E-state index in [1.807, 2.05) is 12.1 Å². The molecule has 4 nitrogen and oxygen atoms in total. The van der Waals surface area contributed by atoms with Crippen molar-refractivity contribution in [2.45, 2.75) is 26.2 Å². The van der Waals surface area contributed by atoms with E-state index in [-0.39, 0.29) is 11.5 Å². The number of ether oxygens (including phenoxy) is 1. The summed E-state index contributed by atoms with van der Waals surface area (Å²) in [6, 6.07) is 11.4. The molecule has 0 spiro atoms. The molecule has 2 aromatic carbocycles. The second-order valence-corrected chi connectivity index (χ2v) is 4.94. The highest BCUT2D eigenvalue weighted by Crippen LogP contribution is 2.34. The highest BCUT2D eigenvalue weighted by Gasteiger charge is 2.14. The molecule has 0 aliphatic carbocycles. The molecule has 0 aliphatic heterocycles. The molecule has 0 radical (unpaired) electrons. The van der Waals surface area contributed by atoms with Gasteiger partial charge in [-0.15, -0.1) is 0 Å². The number of esters is 1. The van der Waals surface area contributed by atoms with Crippen molar-refractivity contribution in [2.24, 2.45) is 0 Å². The molecule has 0 fully saturated rings. The Morgan fingerprint density at radius 1 is 1.14 bits per heavy atom. The van der Waals surface area contributed by atoms with Crippen LogP contribution in [-0.4, -0.2) is 16.2 Å². The van der Waals surface area contributed by atoms with E-state index in [9.17, 15) is 15.0 Å². The van der Waals surface area contributed by atoms with Gasteiger partial charge in [-0.3, -0.25) is 0 Å². The van der Waals surface area contributed by atoms with Crippen LogP contribution in [0.5, 0.6) is 17.2 Å². The predicted octanol–water partition coefficient (Wildman–Crippen LogP) is 3.83. The Morgan fingerprint density at radius 3 is 2.43 bits per heavy atom. The summed E-state index contributed by atoms with van der Waals surface area (Å²) in [6.45, 7) is 4.23. The van der Waals surface area contributed by atoms with Crippen molar-refractivity contribution in [3.05, 3.63) is 53.6 Å². The Bertz CT molecular complexity index is 632.